The van der Waals surface area contributed by atoms with E-state index in [-0.39, 0.29) is 17.4 Å². The summed E-state index contributed by atoms with van der Waals surface area (Å²) >= 11 is 0. The Morgan fingerprint density at radius 2 is 1.70 bits per heavy atom. The molecule has 2 amide bonds. The Hall–Kier alpha value is -1.14. The van der Waals surface area contributed by atoms with Crippen LogP contribution in [0.4, 0.5) is 0 Å². The summed E-state index contributed by atoms with van der Waals surface area (Å²) in [5, 5.41) is 0. The number of rotatable bonds is 3. The summed E-state index contributed by atoms with van der Waals surface area (Å²) in [6.45, 7) is 3.52. The van der Waals surface area contributed by atoms with Gasteiger partial charge >= 0.3 is 0 Å². The molecular formula is C17H29N3O3. The lowest BCUT2D eigenvalue weighted by atomic mass is 9.92. The molecule has 2 heterocycles. The summed E-state index contributed by atoms with van der Waals surface area (Å²) < 4.78 is 5.60. The average Bonchev–Trinajstić information content (AvgIpc) is 3.25. The van der Waals surface area contributed by atoms with Crippen LogP contribution < -0.4 is 0 Å². The van der Waals surface area contributed by atoms with Gasteiger partial charge in [0.15, 0.2) is 6.10 Å². The van der Waals surface area contributed by atoms with Crippen molar-refractivity contribution in [3.63, 3.8) is 0 Å². The van der Waals surface area contributed by atoms with Crippen LogP contribution in [0.3, 0.4) is 0 Å². The summed E-state index contributed by atoms with van der Waals surface area (Å²) in [5.41, 5.74) is -0.306. The molecule has 1 saturated carbocycles. The number of carbonyl (C=O) groups excluding carboxylic acids is 2. The van der Waals surface area contributed by atoms with Crippen molar-refractivity contribution in [1.29, 1.82) is 0 Å². The van der Waals surface area contributed by atoms with Gasteiger partial charge in [-0.25, -0.2) is 0 Å². The molecule has 130 valence electrons. The van der Waals surface area contributed by atoms with E-state index in [1.807, 2.05) is 4.90 Å². The van der Waals surface area contributed by atoms with Crippen molar-refractivity contribution in [2.24, 2.45) is 0 Å². The van der Waals surface area contributed by atoms with E-state index >= 15 is 0 Å². The van der Waals surface area contributed by atoms with Crippen molar-refractivity contribution in [3.05, 3.63) is 0 Å². The van der Waals surface area contributed by atoms with E-state index in [9.17, 15) is 9.59 Å². The van der Waals surface area contributed by atoms with Crippen LogP contribution in [-0.2, 0) is 14.3 Å². The molecule has 0 N–H and O–H groups in total. The maximum Gasteiger partial charge on any atom is 0.253 e. The average molecular weight is 323 g/mol. The van der Waals surface area contributed by atoms with Gasteiger partial charge in [-0.05, 0) is 38.8 Å². The quantitative estimate of drug-likeness (QED) is 0.768. The zero-order valence-corrected chi connectivity index (χ0v) is 14.4. The van der Waals surface area contributed by atoms with Gasteiger partial charge in [-0.2, -0.15) is 0 Å². The van der Waals surface area contributed by atoms with E-state index in [1.54, 1.807) is 19.0 Å². The van der Waals surface area contributed by atoms with Crippen molar-refractivity contribution < 1.29 is 14.3 Å². The first kappa shape index (κ1) is 16.7. The molecule has 23 heavy (non-hydrogen) atoms. The zero-order chi connectivity index (χ0) is 16.4. The fourth-order valence-corrected chi connectivity index (χ4v) is 4.34. The number of likely N-dealkylation sites (tertiary alicyclic amines) is 1. The molecule has 3 rings (SSSR count). The number of hydrogen-bond donors (Lipinski definition) is 0. The van der Waals surface area contributed by atoms with Gasteiger partial charge < -0.3 is 14.5 Å². The molecule has 2 aliphatic heterocycles. The topological polar surface area (TPSA) is 53.1 Å². The number of nitrogens with zero attached hydrogens (tertiary/aromatic N) is 3. The highest BCUT2D eigenvalue weighted by atomic mass is 16.5. The molecule has 0 aromatic heterocycles. The van der Waals surface area contributed by atoms with E-state index in [4.69, 9.17) is 4.74 Å². The molecule has 3 fully saturated rings. The minimum absolute atomic E-state index is 0.0517. The molecule has 0 spiro atoms. The smallest absolute Gasteiger partial charge is 0.253 e. The summed E-state index contributed by atoms with van der Waals surface area (Å²) in [7, 11) is 3.46. The van der Waals surface area contributed by atoms with Crippen LogP contribution in [0.5, 0.6) is 0 Å². The number of likely N-dealkylation sites (N-methyl/N-ethyl adjacent to an activating group) is 1. The largest absolute Gasteiger partial charge is 0.365 e. The van der Waals surface area contributed by atoms with Gasteiger partial charge in [-0.3, -0.25) is 14.5 Å². The van der Waals surface area contributed by atoms with Gasteiger partial charge in [0.05, 0.1) is 13.2 Å². The van der Waals surface area contributed by atoms with E-state index in [0.717, 1.165) is 38.8 Å². The van der Waals surface area contributed by atoms with Gasteiger partial charge in [0.1, 0.15) is 5.54 Å². The second-order valence-corrected chi connectivity index (χ2v) is 7.28. The fraction of sp³-hybridized carbons (Fsp3) is 0.882. The molecule has 2 saturated heterocycles. The number of ether oxygens (including phenoxy) is 1. The predicted molar refractivity (Wildman–Crippen MR) is 87.0 cm³/mol. The minimum atomic E-state index is -0.514. The molecule has 0 unspecified atom stereocenters. The van der Waals surface area contributed by atoms with Crippen molar-refractivity contribution >= 4 is 11.8 Å². The Bertz CT molecular complexity index is 454. The lowest BCUT2D eigenvalue weighted by Crippen LogP contribution is -2.61. The highest BCUT2D eigenvalue weighted by molar-refractivity contribution is 5.88. The van der Waals surface area contributed by atoms with E-state index in [1.165, 1.54) is 12.8 Å². The number of hydrogen-bond acceptors (Lipinski definition) is 4. The lowest BCUT2D eigenvalue weighted by Gasteiger charge is -2.43. The van der Waals surface area contributed by atoms with Crippen LogP contribution in [0, 0.1) is 0 Å². The van der Waals surface area contributed by atoms with Gasteiger partial charge in [0, 0.05) is 20.6 Å². The molecule has 6 nitrogen and oxygen atoms in total. The fourth-order valence-electron chi connectivity index (χ4n) is 4.34. The highest BCUT2D eigenvalue weighted by Crippen LogP contribution is 2.39. The first-order chi connectivity index (χ1) is 11.0. The van der Waals surface area contributed by atoms with Crippen LogP contribution in [-0.4, -0.2) is 85.0 Å². The standard InChI is InChI=1S/C17H29N3O3/c1-18(2)15(21)14-13-19(11-12-23-14)16(22)17(7-3-4-8-17)20-9-5-6-10-20/h14H,3-13H2,1-2H3/t14-/m1/s1. The minimum Gasteiger partial charge on any atom is -0.365 e. The Kier molecular flexibility index (Phi) is 4.92. The van der Waals surface area contributed by atoms with Gasteiger partial charge in [0.2, 0.25) is 5.91 Å². The van der Waals surface area contributed by atoms with Gasteiger partial charge in [-0.1, -0.05) is 12.8 Å². The predicted octanol–water partition coefficient (Wildman–Crippen LogP) is 0.711. The van der Waals surface area contributed by atoms with Gasteiger partial charge in [-0.15, -0.1) is 0 Å². The van der Waals surface area contributed by atoms with E-state index in [2.05, 4.69) is 4.90 Å². The molecule has 0 bridgehead atoms. The third-order valence-electron chi connectivity index (χ3n) is 5.61. The first-order valence-corrected chi connectivity index (χ1v) is 8.92. The zero-order valence-electron chi connectivity index (χ0n) is 14.4. The van der Waals surface area contributed by atoms with Crippen molar-refractivity contribution in [2.45, 2.75) is 50.2 Å². The second-order valence-electron chi connectivity index (χ2n) is 7.28. The van der Waals surface area contributed by atoms with Crippen LogP contribution >= 0.6 is 0 Å². The number of morpholine rings is 1. The highest BCUT2D eigenvalue weighted by Gasteiger charge is 2.49. The summed E-state index contributed by atoms with van der Waals surface area (Å²) in [5.74, 6) is 0.181. The van der Waals surface area contributed by atoms with E-state index in [0.29, 0.717) is 19.7 Å². The summed E-state index contributed by atoms with van der Waals surface area (Å²) in [6.07, 6.45) is 6.07. The summed E-state index contributed by atoms with van der Waals surface area (Å²) in [6, 6.07) is 0. The van der Waals surface area contributed by atoms with Crippen LogP contribution in [0.25, 0.3) is 0 Å². The Labute approximate surface area is 138 Å². The third kappa shape index (κ3) is 3.11. The first-order valence-electron chi connectivity index (χ1n) is 8.92. The Morgan fingerprint density at radius 1 is 1.04 bits per heavy atom. The maximum absolute atomic E-state index is 13.4. The van der Waals surface area contributed by atoms with Crippen molar-refractivity contribution in [1.82, 2.24) is 14.7 Å². The van der Waals surface area contributed by atoms with Gasteiger partial charge in [0.25, 0.3) is 5.91 Å². The lowest BCUT2D eigenvalue weighted by molar-refractivity contribution is -0.158. The Balaban J connectivity index is 1.73. The molecule has 1 atom stereocenters. The van der Waals surface area contributed by atoms with Crippen LogP contribution in [0.2, 0.25) is 0 Å². The van der Waals surface area contributed by atoms with Crippen molar-refractivity contribution in [3.8, 4) is 0 Å². The van der Waals surface area contributed by atoms with Crippen LogP contribution in [0.15, 0.2) is 0 Å². The molecule has 6 heteroatoms. The molecule has 3 aliphatic rings. The number of amides is 2. The molecule has 0 aromatic rings. The maximum atomic E-state index is 13.4. The normalized spacial score (nSPS) is 28.1. The molecule has 0 radical (unpaired) electrons. The Morgan fingerprint density at radius 3 is 2.30 bits per heavy atom. The summed E-state index contributed by atoms with van der Waals surface area (Å²) in [4.78, 5) is 31.4. The van der Waals surface area contributed by atoms with Crippen molar-refractivity contribution in [2.75, 3.05) is 46.9 Å². The molecular weight excluding hydrogens is 294 g/mol. The number of carbonyl (C=O) groups is 2. The van der Waals surface area contributed by atoms with Crippen LogP contribution in [0.1, 0.15) is 38.5 Å². The monoisotopic (exact) mass is 323 g/mol. The molecule has 0 aromatic carbocycles. The SMILES string of the molecule is CN(C)C(=O)[C@H]1CN(C(=O)C2(N3CCCC3)CCCC2)CCO1. The second kappa shape index (κ2) is 6.77. The van der Waals surface area contributed by atoms with E-state index < -0.39 is 6.10 Å². The molecule has 1 aliphatic carbocycles. The third-order valence-corrected chi connectivity index (χ3v) is 5.61.